The topological polar surface area (TPSA) is 92.7 Å². The van der Waals surface area contributed by atoms with Crippen molar-refractivity contribution in [1.82, 2.24) is 4.72 Å². The molecular weight excluding hydrogens is 361 g/mol. The van der Waals surface area contributed by atoms with Crippen molar-refractivity contribution < 1.29 is 27.4 Å². The molecule has 0 bridgehead atoms. The number of fused-ring (bicyclic) bond motifs is 1. The Morgan fingerprint density at radius 1 is 1.19 bits per heavy atom. The smallest absolute Gasteiger partial charge is 0.341 e. The van der Waals surface area contributed by atoms with E-state index in [2.05, 4.69) is 4.72 Å². The number of aryl methyl sites for hydroxylation is 1. The maximum atomic E-state index is 13.0. The number of benzene rings is 2. The molecule has 0 radical (unpaired) electrons. The highest BCUT2D eigenvalue weighted by atomic mass is 32.2. The summed E-state index contributed by atoms with van der Waals surface area (Å²) in [5.41, 5.74) is 2.01. The fourth-order valence-corrected chi connectivity index (χ4v) is 4.24. The van der Waals surface area contributed by atoms with E-state index in [0.717, 1.165) is 23.3 Å². The fourth-order valence-electron chi connectivity index (χ4n) is 2.97. The van der Waals surface area contributed by atoms with Crippen molar-refractivity contribution in [3.05, 3.63) is 59.4 Å². The molecule has 1 aliphatic rings. The van der Waals surface area contributed by atoms with Gasteiger partial charge in [0, 0.05) is 6.04 Å². The molecule has 0 saturated carbocycles. The van der Waals surface area contributed by atoms with Gasteiger partial charge in [-0.1, -0.05) is 6.07 Å². The van der Waals surface area contributed by atoms with Gasteiger partial charge in [0.2, 0.25) is 10.0 Å². The van der Waals surface area contributed by atoms with E-state index >= 15 is 0 Å². The maximum Gasteiger partial charge on any atom is 0.341 e. The highest BCUT2D eigenvalue weighted by molar-refractivity contribution is 7.89. The zero-order chi connectivity index (χ0) is 18.7. The van der Waals surface area contributed by atoms with Crippen molar-refractivity contribution in [2.24, 2.45) is 0 Å². The molecule has 2 N–H and O–H groups in total. The molecule has 0 heterocycles. The summed E-state index contributed by atoms with van der Waals surface area (Å²) in [5, 5.41) is 8.68. The van der Waals surface area contributed by atoms with Crippen molar-refractivity contribution in [2.45, 2.75) is 30.2 Å². The molecule has 0 amide bonds. The zero-order valence-corrected chi connectivity index (χ0v) is 14.6. The minimum absolute atomic E-state index is 0.0169. The lowest BCUT2D eigenvalue weighted by Crippen LogP contribution is -2.38. The number of hydrogen-bond donors (Lipinski definition) is 2. The number of carboxylic acid groups (broad SMARTS) is 1. The molecule has 26 heavy (non-hydrogen) atoms. The van der Waals surface area contributed by atoms with E-state index in [1.165, 1.54) is 12.1 Å². The number of carbonyl (C=O) groups is 1. The number of nitrogens with one attached hydrogen (secondary N) is 1. The first-order valence-electron chi connectivity index (χ1n) is 8.08. The highest BCUT2D eigenvalue weighted by Crippen LogP contribution is 2.26. The van der Waals surface area contributed by atoms with Gasteiger partial charge in [-0.15, -0.1) is 0 Å². The largest absolute Gasteiger partial charge is 0.482 e. The third-order valence-corrected chi connectivity index (χ3v) is 5.75. The molecule has 0 fully saturated rings. The second-order valence-corrected chi connectivity index (χ2v) is 7.84. The summed E-state index contributed by atoms with van der Waals surface area (Å²) >= 11 is 0. The van der Waals surface area contributed by atoms with E-state index in [1.807, 2.05) is 6.07 Å². The van der Waals surface area contributed by atoms with Crippen LogP contribution in [0.3, 0.4) is 0 Å². The van der Waals surface area contributed by atoms with Crippen LogP contribution >= 0.6 is 0 Å². The van der Waals surface area contributed by atoms with Gasteiger partial charge in [-0.25, -0.2) is 22.3 Å². The summed E-state index contributed by atoms with van der Waals surface area (Å²) in [4.78, 5) is 10.6. The number of halogens is 1. The van der Waals surface area contributed by atoms with Crippen LogP contribution in [0.1, 0.15) is 17.5 Å². The zero-order valence-electron chi connectivity index (χ0n) is 13.8. The minimum Gasteiger partial charge on any atom is -0.482 e. The second kappa shape index (κ2) is 7.43. The number of carboxylic acids is 1. The van der Waals surface area contributed by atoms with E-state index in [9.17, 15) is 17.6 Å². The first-order chi connectivity index (χ1) is 12.3. The Balaban J connectivity index is 1.72. The van der Waals surface area contributed by atoms with Crippen molar-refractivity contribution in [1.29, 1.82) is 0 Å². The third kappa shape index (κ3) is 4.39. The third-order valence-electron chi connectivity index (χ3n) is 4.21. The minimum atomic E-state index is -3.74. The van der Waals surface area contributed by atoms with Gasteiger partial charge in [-0.3, -0.25) is 0 Å². The quantitative estimate of drug-likeness (QED) is 0.802. The average molecular weight is 379 g/mol. The van der Waals surface area contributed by atoms with E-state index in [1.54, 1.807) is 12.1 Å². The molecule has 8 heteroatoms. The highest BCUT2D eigenvalue weighted by Gasteiger charge is 2.24. The van der Waals surface area contributed by atoms with Crippen LogP contribution in [0.2, 0.25) is 0 Å². The number of ether oxygens (including phenoxy) is 1. The van der Waals surface area contributed by atoms with Crippen LogP contribution in [0.5, 0.6) is 5.75 Å². The van der Waals surface area contributed by atoms with Gasteiger partial charge in [0.1, 0.15) is 11.6 Å². The Kier molecular flexibility index (Phi) is 5.24. The van der Waals surface area contributed by atoms with Gasteiger partial charge < -0.3 is 9.84 Å². The Morgan fingerprint density at radius 2 is 1.92 bits per heavy atom. The molecule has 0 saturated heterocycles. The van der Waals surface area contributed by atoms with Crippen molar-refractivity contribution >= 4 is 16.0 Å². The van der Waals surface area contributed by atoms with Crippen LogP contribution in [0.15, 0.2) is 47.4 Å². The lowest BCUT2D eigenvalue weighted by Gasteiger charge is -2.25. The number of rotatable bonds is 6. The van der Waals surface area contributed by atoms with Crippen LogP contribution in [-0.4, -0.2) is 32.1 Å². The predicted molar refractivity (Wildman–Crippen MR) is 92.1 cm³/mol. The van der Waals surface area contributed by atoms with E-state index in [-0.39, 0.29) is 10.9 Å². The Bertz CT molecular complexity index is 912. The van der Waals surface area contributed by atoms with Crippen molar-refractivity contribution in [3.63, 3.8) is 0 Å². The molecule has 3 rings (SSSR count). The molecule has 0 aliphatic heterocycles. The SMILES string of the molecule is O=C(O)COc1ccc2c(c1)CC(NS(=O)(=O)c1ccc(F)cc1)CC2. The second-order valence-electron chi connectivity index (χ2n) is 6.13. The van der Waals surface area contributed by atoms with Gasteiger partial charge in [0.05, 0.1) is 4.90 Å². The normalized spacial score (nSPS) is 16.7. The maximum absolute atomic E-state index is 13.0. The number of sulfonamides is 1. The molecule has 0 aromatic heterocycles. The standard InChI is InChI=1S/C18H18FNO5S/c19-14-3-7-17(8-4-14)26(23,24)20-15-5-1-12-2-6-16(10-13(12)9-15)25-11-18(21)22/h2-4,6-8,10,15,20H,1,5,9,11H2,(H,21,22). The number of hydrogen-bond acceptors (Lipinski definition) is 4. The van der Waals surface area contributed by atoms with Crippen molar-refractivity contribution in [3.8, 4) is 5.75 Å². The van der Waals surface area contributed by atoms with Gasteiger partial charge in [0.15, 0.2) is 6.61 Å². The summed E-state index contributed by atoms with van der Waals surface area (Å²) in [6, 6.07) is 9.71. The summed E-state index contributed by atoms with van der Waals surface area (Å²) in [6.45, 7) is -0.431. The molecule has 1 aliphatic carbocycles. The lowest BCUT2D eigenvalue weighted by atomic mass is 9.89. The van der Waals surface area contributed by atoms with Crippen LogP contribution in [0.4, 0.5) is 4.39 Å². The van der Waals surface area contributed by atoms with E-state index < -0.39 is 28.4 Å². The lowest BCUT2D eigenvalue weighted by molar-refractivity contribution is -0.139. The summed E-state index contributed by atoms with van der Waals surface area (Å²) in [7, 11) is -3.74. The van der Waals surface area contributed by atoms with Crippen molar-refractivity contribution in [2.75, 3.05) is 6.61 Å². The molecule has 0 spiro atoms. The molecular formula is C18H18FNO5S. The summed E-state index contributed by atoms with van der Waals surface area (Å²) < 4.78 is 45.7. The fraction of sp³-hybridized carbons (Fsp3) is 0.278. The number of aliphatic carboxylic acids is 1. The van der Waals surface area contributed by atoms with Crippen LogP contribution in [0.25, 0.3) is 0 Å². The predicted octanol–water partition coefficient (Wildman–Crippen LogP) is 2.12. The van der Waals surface area contributed by atoms with Crippen LogP contribution in [-0.2, 0) is 27.7 Å². The monoisotopic (exact) mass is 379 g/mol. The van der Waals surface area contributed by atoms with Gasteiger partial charge in [-0.05, 0) is 66.8 Å². The summed E-state index contributed by atoms with van der Waals surface area (Å²) in [6.07, 6.45) is 1.81. The Hall–Kier alpha value is -2.45. The first-order valence-corrected chi connectivity index (χ1v) is 9.56. The molecule has 138 valence electrons. The first kappa shape index (κ1) is 18.3. The van der Waals surface area contributed by atoms with Gasteiger partial charge in [0.25, 0.3) is 0 Å². The summed E-state index contributed by atoms with van der Waals surface area (Å²) in [5.74, 6) is -1.12. The Morgan fingerprint density at radius 3 is 2.62 bits per heavy atom. The van der Waals surface area contributed by atoms with Gasteiger partial charge >= 0.3 is 5.97 Å². The van der Waals surface area contributed by atoms with Crippen LogP contribution < -0.4 is 9.46 Å². The Labute approximate surface area is 150 Å². The molecule has 1 atom stereocenters. The van der Waals surface area contributed by atoms with E-state index in [4.69, 9.17) is 9.84 Å². The molecule has 1 unspecified atom stereocenters. The molecule has 2 aromatic carbocycles. The van der Waals surface area contributed by atoms with E-state index in [0.29, 0.717) is 25.0 Å². The van der Waals surface area contributed by atoms with Crippen LogP contribution in [0, 0.1) is 5.82 Å². The van der Waals surface area contributed by atoms with Gasteiger partial charge in [-0.2, -0.15) is 0 Å². The molecule has 6 nitrogen and oxygen atoms in total. The molecule has 2 aromatic rings. The average Bonchev–Trinajstić information content (AvgIpc) is 2.59.